The molecule has 1 spiro atoms. The Morgan fingerprint density at radius 3 is 2.73 bits per heavy atom. The lowest BCUT2D eigenvalue weighted by Crippen LogP contribution is -2.54. The molecule has 8 heteroatoms. The van der Waals surface area contributed by atoms with E-state index < -0.39 is 17.5 Å². The summed E-state index contributed by atoms with van der Waals surface area (Å²) in [6.07, 6.45) is 10.6. The fraction of sp³-hybridized carbons (Fsp3) is 0.520. The second-order valence-electron chi connectivity index (χ2n) is 9.59. The highest BCUT2D eigenvalue weighted by Crippen LogP contribution is 2.38. The largest absolute Gasteiger partial charge is 0.371 e. The van der Waals surface area contributed by atoms with Crippen LogP contribution in [0.2, 0.25) is 0 Å². The van der Waals surface area contributed by atoms with Gasteiger partial charge in [-0.25, -0.2) is 4.79 Å². The fourth-order valence-electron chi connectivity index (χ4n) is 5.67. The van der Waals surface area contributed by atoms with Crippen molar-refractivity contribution in [3.63, 3.8) is 0 Å². The molecule has 1 saturated carbocycles. The van der Waals surface area contributed by atoms with Gasteiger partial charge < -0.3 is 15.5 Å². The highest BCUT2D eigenvalue weighted by molar-refractivity contribution is 6.12. The predicted molar refractivity (Wildman–Crippen MR) is 127 cm³/mol. The molecule has 2 N–H and O–H groups in total. The number of urea groups is 1. The minimum Gasteiger partial charge on any atom is -0.371 e. The predicted octanol–water partition coefficient (Wildman–Crippen LogP) is 3.66. The first-order valence-corrected chi connectivity index (χ1v) is 12.1. The summed E-state index contributed by atoms with van der Waals surface area (Å²) in [5, 5.41) is 7.70. The lowest BCUT2D eigenvalue weighted by atomic mass is 9.73. The van der Waals surface area contributed by atoms with Crippen molar-refractivity contribution >= 4 is 40.0 Å². The zero-order valence-corrected chi connectivity index (χ0v) is 19.1. The van der Waals surface area contributed by atoms with Gasteiger partial charge in [0.05, 0.1) is 5.69 Å². The Hall–Kier alpha value is -3.16. The highest BCUT2D eigenvalue weighted by atomic mass is 16.2. The molecule has 1 aromatic carbocycles. The van der Waals surface area contributed by atoms with Crippen LogP contribution < -0.4 is 15.5 Å². The molecular formula is C25H31N5O3. The van der Waals surface area contributed by atoms with Crippen LogP contribution in [-0.4, -0.2) is 52.9 Å². The van der Waals surface area contributed by atoms with E-state index in [9.17, 15) is 14.4 Å². The third-order valence-electron chi connectivity index (χ3n) is 7.57. The van der Waals surface area contributed by atoms with Crippen molar-refractivity contribution < 1.29 is 14.4 Å². The summed E-state index contributed by atoms with van der Waals surface area (Å²) in [6.45, 7) is 3.75. The number of anilines is 2. The van der Waals surface area contributed by atoms with Crippen molar-refractivity contribution in [3.8, 4) is 0 Å². The molecule has 2 aliphatic heterocycles. The minimum atomic E-state index is -0.859. The summed E-state index contributed by atoms with van der Waals surface area (Å²) in [4.78, 5) is 46.4. The molecule has 0 bridgehead atoms. The summed E-state index contributed by atoms with van der Waals surface area (Å²) in [5.74, 6) is -0.607. The van der Waals surface area contributed by atoms with Gasteiger partial charge in [-0.3, -0.25) is 19.5 Å². The number of fused-ring (bicyclic) bond motifs is 1. The Morgan fingerprint density at radius 2 is 1.94 bits per heavy atom. The molecule has 3 fully saturated rings. The number of hydrogen-bond acceptors (Lipinski definition) is 5. The molecular weight excluding hydrogens is 418 g/mol. The molecule has 4 amide bonds. The summed E-state index contributed by atoms with van der Waals surface area (Å²) >= 11 is 0. The van der Waals surface area contributed by atoms with Gasteiger partial charge in [0.1, 0.15) is 12.1 Å². The van der Waals surface area contributed by atoms with E-state index in [-0.39, 0.29) is 18.4 Å². The maximum absolute atomic E-state index is 13.2. The number of benzene rings is 1. The van der Waals surface area contributed by atoms with Crippen molar-refractivity contribution in [2.24, 2.45) is 5.92 Å². The van der Waals surface area contributed by atoms with Crippen LogP contribution in [0.25, 0.3) is 10.8 Å². The molecule has 3 heterocycles. The van der Waals surface area contributed by atoms with Gasteiger partial charge in [0.25, 0.3) is 5.91 Å². The van der Waals surface area contributed by atoms with Gasteiger partial charge in [-0.05, 0) is 56.2 Å². The maximum atomic E-state index is 13.2. The minimum absolute atomic E-state index is 0.0631. The Kier molecular flexibility index (Phi) is 5.68. The Balaban J connectivity index is 1.35. The molecule has 174 valence electrons. The fourth-order valence-corrected chi connectivity index (χ4v) is 5.67. The van der Waals surface area contributed by atoms with Crippen LogP contribution in [0.4, 0.5) is 16.2 Å². The lowest BCUT2D eigenvalue weighted by Gasteiger charge is -2.36. The number of nitrogens with zero attached hydrogens (tertiary/aromatic N) is 3. The Bertz CT molecular complexity index is 1100. The van der Waals surface area contributed by atoms with E-state index in [1.165, 1.54) is 19.3 Å². The molecule has 33 heavy (non-hydrogen) atoms. The average molecular weight is 450 g/mol. The second-order valence-corrected chi connectivity index (χ2v) is 9.59. The van der Waals surface area contributed by atoms with Crippen LogP contribution in [0.5, 0.6) is 0 Å². The number of imide groups is 1. The molecule has 3 aliphatic rings. The van der Waals surface area contributed by atoms with E-state index >= 15 is 0 Å². The Morgan fingerprint density at radius 1 is 1.12 bits per heavy atom. The number of carbonyl (C=O) groups excluding carboxylic acids is 3. The van der Waals surface area contributed by atoms with Crippen LogP contribution in [-0.2, 0) is 9.59 Å². The van der Waals surface area contributed by atoms with E-state index in [0.717, 1.165) is 53.7 Å². The van der Waals surface area contributed by atoms with Crippen LogP contribution in [0, 0.1) is 5.92 Å². The van der Waals surface area contributed by atoms with Crippen molar-refractivity contribution in [1.29, 1.82) is 0 Å². The number of nitrogens with one attached hydrogen (secondary N) is 2. The van der Waals surface area contributed by atoms with Crippen molar-refractivity contribution in [2.45, 2.75) is 57.4 Å². The van der Waals surface area contributed by atoms with Gasteiger partial charge in [-0.1, -0.05) is 19.8 Å². The van der Waals surface area contributed by atoms with E-state index in [2.05, 4.69) is 20.5 Å². The third kappa shape index (κ3) is 3.81. The normalized spacial score (nSPS) is 25.5. The van der Waals surface area contributed by atoms with Crippen LogP contribution in [0.1, 0.15) is 51.9 Å². The number of hydrogen-bond donors (Lipinski definition) is 2. The molecule has 8 nitrogen and oxygen atoms in total. The number of pyridine rings is 1. The number of carbonyl (C=O) groups is 3. The van der Waals surface area contributed by atoms with Gasteiger partial charge in [0.15, 0.2) is 0 Å². The Labute approximate surface area is 193 Å². The van der Waals surface area contributed by atoms with Gasteiger partial charge in [0, 0.05) is 41.9 Å². The monoisotopic (exact) mass is 449 g/mol. The molecule has 2 aromatic rings. The summed E-state index contributed by atoms with van der Waals surface area (Å²) in [7, 11) is 0. The molecule has 1 aliphatic carbocycles. The summed E-state index contributed by atoms with van der Waals surface area (Å²) < 4.78 is 0. The number of amides is 4. The van der Waals surface area contributed by atoms with Crippen LogP contribution >= 0.6 is 0 Å². The van der Waals surface area contributed by atoms with E-state index in [1.807, 2.05) is 25.1 Å². The topological polar surface area (TPSA) is 94.6 Å². The standard InChI is InChI=1S/C25H31N5O3/c1-17-7-3-4-11-25(17)23(32)30(24(33)28-25)16-22(31)27-20-8-9-21(29-13-5-2-6-14-29)18-10-12-26-15-19(18)20/h8-10,12,15,17H,2-7,11,13-14,16H2,1H3,(H,27,31)(H,28,33)/t17-,25+/m0/s1. The van der Waals surface area contributed by atoms with Crippen LogP contribution in [0.15, 0.2) is 30.6 Å². The van der Waals surface area contributed by atoms with E-state index in [0.29, 0.717) is 12.1 Å². The zero-order valence-electron chi connectivity index (χ0n) is 19.1. The third-order valence-corrected chi connectivity index (χ3v) is 7.57. The first-order chi connectivity index (χ1) is 16.0. The average Bonchev–Trinajstić information content (AvgIpc) is 3.06. The maximum Gasteiger partial charge on any atom is 0.325 e. The van der Waals surface area contributed by atoms with Gasteiger partial charge in [-0.15, -0.1) is 0 Å². The molecule has 0 radical (unpaired) electrons. The number of rotatable bonds is 4. The molecule has 1 aromatic heterocycles. The van der Waals surface area contributed by atoms with Crippen molar-refractivity contribution in [3.05, 3.63) is 30.6 Å². The zero-order chi connectivity index (χ0) is 23.0. The molecule has 2 atom stereocenters. The van der Waals surface area contributed by atoms with E-state index in [1.54, 1.807) is 12.4 Å². The smallest absolute Gasteiger partial charge is 0.325 e. The van der Waals surface area contributed by atoms with Crippen molar-refractivity contribution in [2.75, 3.05) is 29.9 Å². The van der Waals surface area contributed by atoms with Crippen molar-refractivity contribution in [1.82, 2.24) is 15.2 Å². The summed E-state index contributed by atoms with van der Waals surface area (Å²) in [6, 6.07) is 5.43. The first kappa shape index (κ1) is 21.7. The quantitative estimate of drug-likeness (QED) is 0.695. The SMILES string of the molecule is C[C@H]1CCCC[C@@]12NC(=O)N(CC(=O)Nc1ccc(N3CCCCC3)c3ccncc13)C2=O. The summed E-state index contributed by atoms with van der Waals surface area (Å²) in [5.41, 5.74) is 0.923. The lowest BCUT2D eigenvalue weighted by molar-refractivity contribution is -0.136. The van der Waals surface area contributed by atoms with E-state index in [4.69, 9.17) is 0 Å². The molecule has 5 rings (SSSR count). The number of piperidine rings is 1. The first-order valence-electron chi connectivity index (χ1n) is 12.1. The molecule has 0 unspecified atom stereocenters. The van der Waals surface area contributed by atoms with Gasteiger partial charge in [-0.2, -0.15) is 0 Å². The highest BCUT2D eigenvalue weighted by Gasteiger charge is 2.55. The molecule has 2 saturated heterocycles. The van der Waals surface area contributed by atoms with Gasteiger partial charge in [0.2, 0.25) is 5.91 Å². The van der Waals surface area contributed by atoms with Gasteiger partial charge >= 0.3 is 6.03 Å². The number of aromatic nitrogens is 1. The van der Waals surface area contributed by atoms with Crippen LogP contribution in [0.3, 0.4) is 0 Å². The second kappa shape index (κ2) is 8.65.